The molecule has 2 aliphatic rings. The molecule has 1 aromatic carbocycles. The average molecular weight is 563 g/mol. The van der Waals surface area contributed by atoms with Crippen molar-refractivity contribution < 1.29 is 19.4 Å². The monoisotopic (exact) mass is 562 g/mol. The third-order valence-electron chi connectivity index (χ3n) is 6.89. The molecule has 1 amide bonds. The Morgan fingerprint density at radius 2 is 1.76 bits per heavy atom. The maximum absolute atomic E-state index is 13.0. The van der Waals surface area contributed by atoms with Gasteiger partial charge in [0.15, 0.2) is 5.60 Å². The van der Waals surface area contributed by atoms with E-state index in [0.717, 1.165) is 61.0 Å². The van der Waals surface area contributed by atoms with Crippen molar-refractivity contribution in [1.29, 1.82) is 0 Å². The van der Waals surface area contributed by atoms with Crippen molar-refractivity contribution in [2.45, 2.75) is 39.7 Å². The molecular weight excluding hydrogens is 524 g/mol. The van der Waals surface area contributed by atoms with Gasteiger partial charge in [-0.3, -0.25) is 9.59 Å². The molecule has 218 valence electrons. The number of likely N-dealkylation sites (N-methyl/N-ethyl adjacent to an activating group) is 1. The van der Waals surface area contributed by atoms with Gasteiger partial charge < -0.3 is 35.2 Å². The smallest absolute Gasteiger partial charge is 0.290 e. The van der Waals surface area contributed by atoms with Gasteiger partial charge in [-0.2, -0.15) is 4.98 Å². The Bertz CT molecular complexity index is 1360. The number of nitrogens with one attached hydrogen (secondary N) is 2. The number of nitrogens with zero attached hydrogens (tertiary/aromatic N) is 6. The van der Waals surface area contributed by atoms with Gasteiger partial charge >= 0.3 is 0 Å². The summed E-state index contributed by atoms with van der Waals surface area (Å²) in [6.07, 6.45) is 4.44. The quantitative estimate of drug-likeness (QED) is 0.360. The molecule has 0 atom stereocenters. The number of aryl methyl sites for hydroxylation is 1. The second-order valence-electron chi connectivity index (χ2n) is 10.5. The molecular formula is C29H38N8O4. The van der Waals surface area contributed by atoms with Gasteiger partial charge in [-0.25, -0.2) is 9.97 Å². The predicted octanol–water partition coefficient (Wildman–Crippen LogP) is 4.03. The van der Waals surface area contributed by atoms with Crippen molar-refractivity contribution in [2.75, 3.05) is 60.2 Å². The molecule has 1 saturated heterocycles. The number of carbonyl (C=O) groups is 2. The number of pyridine rings is 1. The second-order valence-corrected chi connectivity index (χ2v) is 10.5. The lowest BCUT2D eigenvalue weighted by Crippen LogP contribution is -2.52. The SMILES string of the molecule is CCCN1C(=O)C(C)(C)Oc2ccc(Nc3nc(Nc4ccc(N5CCN(C)CC5)nc4)ncc3C)cc21.O=CO. The molecule has 12 nitrogen and oxygen atoms in total. The fourth-order valence-corrected chi connectivity index (χ4v) is 4.67. The predicted molar refractivity (Wildman–Crippen MR) is 160 cm³/mol. The van der Waals surface area contributed by atoms with E-state index in [1.54, 1.807) is 20.0 Å². The van der Waals surface area contributed by atoms with Crippen LogP contribution in [0, 0.1) is 6.92 Å². The van der Waals surface area contributed by atoms with Crippen LogP contribution < -0.4 is 25.2 Å². The molecule has 2 aromatic heterocycles. The second kappa shape index (κ2) is 12.8. The van der Waals surface area contributed by atoms with Crippen LogP contribution in [-0.2, 0) is 9.59 Å². The molecule has 0 unspecified atom stereocenters. The normalized spacial score (nSPS) is 16.2. The van der Waals surface area contributed by atoms with E-state index in [9.17, 15) is 4.79 Å². The number of anilines is 6. The third kappa shape index (κ3) is 7.01. The van der Waals surface area contributed by atoms with E-state index >= 15 is 0 Å². The number of amides is 1. The first-order chi connectivity index (χ1) is 19.6. The molecule has 4 heterocycles. The molecule has 5 rings (SSSR count). The van der Waals surface area contributed by atoms with Crippen LogP contribution in [0.4, 0.5) is 34.6 Å². The molecule has 1 fully saturated rings. The summed E-state index contributed by atoms with van der Waals surface area (Å²) in [5.41, 5.74) is 2.40. The fraction of sp³-hybridized carbons (Fsp3) is 0.414. The highest BCUT2D eigenvalue weighted by molar-refractivity contribution is 6.02. The van der Waals surface area contributed by atoms with Crippen molar-refractivity contribution >= 4 is 47.0 Å². The molecule has 12 heteroatoms. The van der Waals surface area contributed by atoms with E-state index in [4.69, 9.17) is 19.6 Å². The molecule has 2 aliphatic heterocycles. The van der Waals surface area contributed by atoms with Crippen LogP contribution in [0.25, 0.3) is 0 Å². The summed E-state index contributed by atoms with van der Waals surface area (Å²) in [5, 5.41) is 13.5. The summed E-state index contributed by atoms with van der Waals surface area (Å²) in [6, 6.07) is 9.80. The Morgan fingerprint density at radius 1 is 1.05 bits per heavy atom. The summed E-state index contributed by atoms with van der Waals surface area (Å²) in [6.45, 7) is 12.0. The highest BCUT2D eigenvalue weighted by Crippen LogP contribution is 2.40. The summed E-state index contributed by atoms with van der Waals surface area (Å²) < 4.78 is 6.01. The number of carbonyl (C=O) groups excluding carboxylic acids is 1. The highest BCUT2D eigenvalue weighted by Gasteiger charge is 2.40. The van der Waals surface area contributed by atoms with Gasteiger partial charge in [0, 0.05) is 50.2 Å². The molecule has 0 bridgehead atoms. The van der Waals surface area contributed by atoms with Crippen LogP contribution in [0.3, 0.4) is 0 Å². The number of carboxylic acid groups (broad SMARTS) is 1. The number of fused-ring (bicyclic) bond motifs is 1. The number of hydrogen-bond donors (Lipinski definition) is 3. The van der Waals surface area contributed by atoms with Crippen LogP contribution in [0.2, 0.25) is 0 Å². The first kappa shape index (κ1) is 29.5. The van der Waals surface area contributed by atoms with Gasteiger partial charge in [0.25, 0.3) is 12.4 Å². The lowest BCUT2D eigenvalue weighted by Gasteiger charge is -2.39. The van der Waals surface area contributed by atoms with E-state index in [1.165, 1.54) is 0 Å². The van der Waals surface area contributed by atoms with E-state index in [2.05, 4.69) is 44.4 Å². The zero-order valence-corrected chi connectivity index (χ0v) is 24.2. The average Bonchev–Trinajstić information content (AvgIpc) is 2.95. The van der Waals surface area contributed by atoms with Crippen LogP contribution in [0.1, 0.15) is 32.8 Å². The van der Waals surface area contributed by atoms with Crippen molar-refractivity contribution in [2.24, 2.45) is 0 Å². The lowest BCUT2D eigenvalue weighted by atomic mass is 10.0. The Balaban J connectivity index is 0.00000124. The lowest BCUT2D eigenvalue weighted by molar-refractivity contribution is -0.132. The number of piperazine rings is 1. The number of hydrogen-bond acceptors (Lipinski definition) is 10. The van der Waals surface area contributed by atoms with Gasteiger partial charge in [-0.15, -0.1) is 0 Å². The summed E-state index contributed by atoms with van der Waals surface area (Å²) in [7, 11) is 2.14. The Morgan fingerprint density at radius 3 is 2.41 bits per heavy atom. The number of aromatic nitrogens is 3. The van der Waals surface area contributed by atoms with Crippen LogP contribution >= 0.6 is 0 Å². The minimum Gasteiger partial charge on any atom is -0.483 e. The third-order valence-corrected chi connectivity index (χ3v) is 6.89. The van der Waals surface area contributed by atoms with Crippen LogP contribution in [-0.4, -0.2) is 82.7 Å². The van der Waals surface area contributed by atoms with Crippen molar-refractivity contribution in [3.05, 3.63) is 48.3 Å². The van der Waals surface area contributed by atoms with Crippen molar-refractivity contribution in [3.63, 3.8) is 0 Å². The highest BCUT2D eigenvalue weighted by atomic mass is 16.5. The minimum atomic E-state index is -0.890. The van der Waals surface area contributed by atoms with Crippen molar-refractivity contribution in [3.8, 4) is 5.75 Å². The Kier molecular flexibility index (Phi) is 9.23. The number of ether oxygens (including phenoxy) is 1. The first-order valence-electron chi connectivity index (χ1n) is 13.6. The molecule has 0 saturated carbocycles. The van der Waals surface area contributed by atoms with Crippen LogP contribution in [0.5, 0.6) is 5.75 Å². The minimum absolute atomic E-state index is 0.0408. The van der Waals surface area contributed by atoms with Gasteiger partial charge in [0.2, 0.25) is 5.95 Å². The van der Waals surface area contributed by atoms with E-state index < -0.39 is 5.60 Å². The maximum Gasteiger partial charge on any atom is 0.290 e. The van der Waals surface area contributed by atoms with Gasteiger partial charge in [-0.05, 0) is 64.6 Å². The van der Waals surface area contributed by atoms with E-state index in [0.29, 0.717) is 24.1 Å². The zero-order valence-electron chi connectivity index (χ0n) is 24.2. The molecule has 0 spiro atoms. The topological polar surface area (TPSA) is 136 Å². The number of rotatable bonds is 7. The maximum atomic E-state index is 13.0. The molecule has 3 N–H and O–H groups in total. The summed E-state index contributed by atoms with van der Waals surface area (Å²) in [5.74, 6) is 2.78. The summed E-state index contributed by atoms with van der Waals surface area (Å²) >= 11 is 0. The van der Waals surface area contributed by atoms with Gasteiger partial charge in [0.1, 0.15) is 17.4 Å². The zero-order chi connectivity index (χ0) is 29.6. The van der Waals surface area contributed by atoms with E-state index in [1.807, 2.05) is 48.4 Å². The Labute approximate surface area is 240 Å². The molecule has 3 aromatic rings. The molecule has 41 heavy (non-hydrogen) atoms. The Hall–Kier alpha value is -4.45. The standard InChI is InChI=1S/C28H36N8O2.CH2O2/c1-6-11-36-22-16-20(7-9-23(22)38-28(3,4)26(36)37)31-25-19(2)17-30-27(33-25)32-21-8-10-24(29-18-21)35-14-12-34(5)13-15-35;2-1-3/h7-10,16-18H,6,11-15H2,1-5H3,(H2,30,31,32,33);1H,(H,2,3). The molecule has 0 aliphatic carbocycles. The first-order valence-corrected chi connectivity index (χ1v) is 13.6. The van der Waals surface area contributed by atoms with Gasteiger partial charge in [0.05, 0.1) is 17.6 Å². The van der Waals surface area contributed by atoms with Crippen molar-refractivity contribution in [1.82, 2.24) is 19.9 Å². The fourth-order valence-electron chi connectivity index (χ4n) is 4.67. The number of benzene rings is 1. The largest absolute Gasteiger partial charge is 0.483 e. The van der Waals surface area contributed by atoms with Crippen LogP contribution in [0.15, 0.2) is 42.7 Å². The van der Waals surface area contributed by atoms with Gasteiger partial charge in [-0.1, -0.05) is 6.92 Å². The molecule has 0 radical (unpaired) electrons. The van der Waals surface area contributed by atoms with E-state index in [-0.39, 0.29) is 12.4 Å². The summed E-state index contributed by atoms with van der Waals surface area (Å²) in [4.78, 5) is 41.6.